The van der Waals surface area contributed by atoms with E-state index >= 15 is 0 Å². The fourth-order valence-electron chi connectivity index (χ4n) is 4.34. The van der Waals surface area contributed by atoms with Crippen molar-refractivity contribution in [1.82, 2.24) is 4.90 Å². The molecule has 0 bridgehead atoms. The van der Waals surface area contributed by atoms with E-state index in [-0.39, 0.29) is 12.3 Å². The van der Waals surface area contributed by atoms with Gasteiger partial charge in [-0.3, -0.25) is 9.59 Å². The Hall–Kier alpha value is -3.09. The van der Waals surface area contributed by atoms with E-state index in [0.29, 0.717) is 42.7 Å². The first-order chi connectivity index (χ1) is 14.2. The number of hydrogen-bond acceptors (Lipinski definition) is 5. The summed E-state index contributed by atoms with van der Waals surface area (Å²) in [6.07, 6.45) is 0.813. The number of carbonyl (C=O) groups is 2. The molecule has 1 N–H and O–H groups in total. The van der Waals surface area contributed by atoms with Crippen molar-refractivity contribution in [2.45, 2.75) is 47.0 Å². The van der Waals surface area contributed by atoms with E-state index in [1.165, 1.54) is 0 Å². The monoisotopic (exact) mass is 411 g/mol. The van der Waals surface area contributed by atoms with Gasteiger partial charge in [-0.1, -0.05) is 0 Å². The molecule has 158 valence electrons. The highest BCUT2D eigenvalue weighted by Crippen LogP contribution is 2.34. The molecule has 7 heteroatoms. The summed E-state index contributed by atoms with van der Waals surface area (Å²) >= 11 is 0. The topological polar surface area (TPSA) is 101 Å². The van der Waals surface area contributed by atoms with E-state index in [1.807, 2.05) is 33.8 Å². The minimum Gasteiger partial charge on any atom is -0.481 e. The van der Waals surface area contributed by atoms with Gasteiger partial charge in [0.05, 0.1) is 17.9 Å². The third kappa shape index (κ3) is 3.18. The number of carboxylic acid groups (broad SMARTS) is 1. The van der Waals surface area contributed by atoms with E-state index in [0.717, 1.165) is 33.2 Å². The lowest BCUT2D eigenvalue weighted by Crippen LogP contribution is -2.41. The number of piperidine rings is 1. The number of carbonyl (C=O) groups excluding carboxylic acids is 1. The molecule has 1 amide bonds. The molecule has 4 rings (SSSR count). The van der Waals surface area contributed by atoms with Gasteiger partial charge in [0.1, 0.15) is 16.9 Å². The van der Waals surface area contributed by atoms with Gasteiger partial charge in [-0.25, -0.2) is 4.79 Å². The third-order valence-electron chi connectivity index (χ3n) is 6.47. The lowest BCUT2D eigenvalue weighted by atomic mass is 9.96. The Morgan fingerprint density at radius 1 is 1.00 bits per heavy atom. The van der Waals surface area contributed by atoms with E-state index in [2.05, 4.69) is 0 Å². The summed E-state index contributed by atoms with van der Waals surface area (Å²) in [5, 5.41) is 10.9. The Morgan fingerprint density at radius 2 is 1.60 bits per heavy atom. The molecule has 0 atom stereocenters. The van der Waals surface area contributed by atoms with E-state index in [1.54, 1.807) is 4.90 Å². The van der Waals surface area contributed by atoms with Crippen LogP contribution >= 0.6 is 0 Å². The number of amides is 1. The smallest absolute Gasteiger partial charge is 0.340 e. The number of fused-ring (bicyclic) bond motifs is 2. The van der Waals surface area contributed by atoms with Gasteiger partial charge >= 0.3 is 11.6 Å². The minimum absolute atomic E-state index is 0.0532. The standard InChI is InChI=1S/C23H25NO6/c1-11-14(4)29-20-13(3)21-17(9-16(11)20)12(2)18(23(28)30-21)10-19(25)24-7-5-15(6-8-24)22(26)27/h9,15H,5-8,10H2,1-4H3,(H,26,27). The number of furan rings is 1. The van der Waals surface area contributed by atoms with Crippen molar-refractivity contribution >= 4 is 33.8 Å². The van der Waals surface area contributed by atoms with Crippen molar-refractivity contribution < 1.29 is 23.5 Å². The number of benzene rings is 1. The highest BCUT2D eigenvalue weighted by Gasteiger charge is 2.28. The fourth-order valence-corrected chi connectivity index (χ4v) is 4.34. The molecule has 1 saturated heterocycles. The average molecular weight is 411 g/mol. The highest BCUT2D eigenvalue weighted by atomic mass is 16.4. The van der Waals surface area contributed by atoms with Gasteiger partial charge < -0.3 is 18.8 Å². The lowest BCUT2D eigenvalue weighted by Gasteiger charge is -2.30. The van der Waals surface area contributed by atoms with Crippen LogP contribution in [0.25, 0.3) is 21.9 Å². The second kappa shape index (κ2) is 7.31. The molecule has 0 radical (unpaired) electrons. The second-order valence-corrected chi connectivity index (χ2v) is 8.20. The molecule has 7 nitrogen and oxygen atoms in total. The maximum absolute atomic E-state index is 12.8. The van der Waals surface area contributed by atoms with Gasteiger partial charge in [-0.2, -0.15) is 0 Å². The van der Waals surface area contributed by atoms with Gasteiger partial charge in [0.15, 0.2) is 0 Å². The van der Waals surface area contributed by atoms with Crippen molar-refractivity contribution in [3.05, 3.63) is 44.5 Å². The SMILES string of the molecule is Cc1oc2c(C)c3oc(=O)c(CC(=O)N4CCC(C(=O)O)CC4)c(C)c3cc2c1C. The predicted molar refractivity (Wildman–Crippen MR) is 112 cm³/mol. The first-order valence-electron chi connectivity index (χ1n) is 10.1. The Labute approximate surface area is 173 Å². The van der Waals surface area contributed by atoms with Gasteiger partial charge in [0, 0.05) is 29.4 Å². The molecule has 30 heavy (non-hydrogen) atoms. The highest BCUT2D eigenvalue weighted by molar-refractivity contribution is 6.00. The van der Waals surface area contributed by atoms with E-state index < -0.39 is 17.5 Å². The van der Waals surface area contributed by atoms with Crippen LogP contribution in [0.4, 0.5) is 0 Å². The second-order valence-electron chi connectivity index (χ2n) is 8.20. The summed E-state index contributed by atoms with van der Waals surface area (Å²) in [6, 6.07) is 1.97. The van der Waals surface area contributed by atoms with Gasteiger partial charge in [-0.05, 0) is 57.7 Å². The summed E-state index contributed by atoms with van der Waals surface area (Å²) in [7, 11) is 0. The normalized spacial score (nSPS) is 15.3. The molecule has 1 aliphatic rings. The summed E-state index contributed by atoms with van der Waals surface area (Å²) in [5.74, 6) is -0.585. The molecule has 3 heterocycles. The number of aryl methyl sites for hydroxylation is 4. The molecular weight excluding hydrogens is 386 g/mol. The van der Waals surface area contributed by atoms with Crippen LogP contribution in [-0.2, 0) is 16.0 Å². The molecule has 1 fully saturated rings. The number of carboxylic acids is 1. The number of hydrogen-bond donors (Lipinski definition) is 1. The maximum atomic E-state index is 12.8. The summed E-state index contributed by atoms with van der Waals surface area (Å²) in [6.45, 7) is 8.38. The minimum atomic E-state index is -0.820. The number of rotatable bonds is 3. The molecule has 0 unspecified atom stereocenters. The summed E-state index contributed by atoms with van der Waals surface area (Å²) in [5.41, 5.74) is 3.58. The zero-order valence-corrected chi connectivity index (χ0v) is 17.6. The largest absolute Gasteiger partial charge is 0.481 e. The van der Waals surface area contributed by atoms with Gasteiger partial charge in [0.2, 0.25) is 5.91 Å². The molecule has 1 aromatic carbocycles. The zero-order valence-electron chi connectivity index (χ0n) is 17.6. The summed E-state index contributed by atoms with van der Waals surface area (Å²) in [4.78, 5) is 38.3. The Balaban J connectivity index is 1.70. The van der Waals surface area contributed by atoms with Crippen LogP contribution in [0.1, 0.15) is 40.9 Å². The van der Waals surface area contributed by atoms with Crippen molar-refractivity contribution in [2.24, 2.45) is 5.92 Å². The molecule has 0 aliphatic carbocycles. The van der Waals surface area contributed by atoms with E-state index in [9.17, 15) is 14.4 Å². The average Bonchev–Trinajstić information content (AvgIpc) is 3.01. The van der Waals surface area contributed by atoms with Crippen LogP contribution in [0.3, 0.4) is 0 Å². The molecule has 1 aliphatic heterocycles. The molecule has 2 aromatic heterocycles. The van der Waals surface area contributed by atoms with Crippen LogP contribution in [0.2, 0.25) is 0 Å². The first kappa shape index (κ1) is 20.2. The van der Waals surface area contributed by atoms with Crippen LogP contribution in [-0.4, -0.2) is 35.0 Å². The number of likely N-dealkylation sites (tertiary alicyclic amines) is 1. The van der Waals surface area contributed by atoms with E-state index in [4.69, 9.17) is 13.9 Å². The van der Waals surface area contributed by atoms with Crippen LogP contribution in [0.5, 0.6) is 0 Å². The Bertz CT molecular complexity index is 1240. The lowest BCUT2D eigenvalue weighted by molar-refractivity contribution is -0.145. The van der Waals surface area contributed by atoms with Crippen LogP contribution < -0.4 is 5.63 Å². The Morgan fingerprint density at radius 3 is 2.23 bits per heavy atom. The number of nitrogens with zero attached hydrogens (tertiary/aromatic N) is 1. The van der Waals surface area contributed by atoms with Crippen molar-refractivity contribution in [2.75, 3.05) is 13.1 Å². The quantitative estimate of drug-likeness (QED) is 0.661. The van der Waals surface area contributed by atoms with Crippen LogP contribution in [0.15, 0.2) is 19.7 Å². The van der Waals surface area contributed by atoms with Crippen LogP contribution in [0, 0.1) is 33.6 Å². The predicted octanol–water partition coefficient (Wildman–Crippen LogP) is 3.64. The molecule has 3 aromatic rings. The van der Waals surface area contributed by atoms with Crippen molar-refractivity contribution in [3.63, 3.8) is 0 Å². The van der Waals surface area contributed by atoms with Crippen molar-refractivity contribution in [3.8, 4) is 0 Å². The molecular formula is C23H25NO6. The van der Waals surface area contributed by atoms with Gasteiger partial charge in [-0.15, -0.1) is 0 Å². The third-order valence-corrected chi connectivity index (χ3v) is 6.47. The molecule has 0 spiro atoms. The number of aliphatic carboxylic acids is 1. The molecule has 0 saturated carbocycles. The summed E-state index contributed by atoms with van der Waals surface area (Å²) < 4.78 is 11.5. The first-order valence-corrected chi connectivity index (χ1v) is 10.1. The zero-order chi connectivity index (χ0) is 21.7. The van der Waals surface area contributed by atoms with Crippen molar-refractivity contribution in [1.29, 1.82) is 0 Å². The van der Waals surface area contributed by atoms with Gasteiger partial charge in [0.25, 0.3) is 0 Å². The fraction of sp³-hybridized carbons (Fsp3) is 0.435. The Kier molecular flexibility index (Phi) is 4.92. The maximum Gasteiger partial charge on any atom is 0.340 e.